The second-order valence-electron chi connectivity index (χ2n) is 5.24. The van der Waals surface area contributed by atoms with E-state index >= 15 is 0 Å². The topological polar surface area (TPSA) is 54.0 Å². The fourth-order valence-electron chi connectivity index (χ4n) is 2.09. The van der Waals surface area contributed by atoms with E-state index < -0.39 is 0 Å². The van der Waals surface area contributed by atoms with Crippen LogP contribution in [0, 0.1) is 12.8 Å². The van der Waals surface area contributed by atoms with Crippen LogP contribution in [0.15, 0.2) is 24.3 Å². The standard InChI is InChI=1S/C16H20ClN3OS.ClH/c1-10(9-18-3)15(21)20-16-19-11(2)14(22-16)8-12-6-4-5-7-13(12)17;/h4-7,10,18H,8-9H2,1-3H3,(H,19,20,21);1H. The van der Waals surface area contributed by atoms with Crippen LogP contribution in [0.2, 0.25) is 5.02 Å². The molecule has 2 N–H and O–H groups in total. The zero-order chi connectivity index (χ0) is 16.1. The first-order valence-electron chi connectivity index (χ1n) is 7.16. The SMILES string of the molecule is CNCC(C)C(=O)Nc1nc(C)c(Cc2ccccc2Cl)s1.Cl. The zero-order valence-corrected chi connectivity index (χ0v) is 15.7. The summed E-state index contributed by atoms with van der Waals surface area (Å²) >= 11 is 7.71. The summed E-state index contributed by atoms with van der Waals surface area (Å²) in [4.78, 5) is 17.6. The van der Waals surface area contributed by atoms with Crippen molar-refractivity contribution in [1.82, 2.24) is 10.3 Å². The normalized spacial score (nSPS) is 11.7. The minimum absolute atomic E-state index is 0. The van der Waals surface area contributed by atoms with Gasteiger partial charge in [-0.3, -0.25) is 4.79 Å². The molecule has 1 aromatic heterocycles. The number of nitrogens with one attached hydrogen (secondary N) is 2. The van der Waals surface area contributed by atoms with Gasteiger partial charge in [0.05, 0.1) is 5.69 Å². The fourth-order valence-corrected chi connectivity index (χ4v) is 3.28. The van der Waals surface area contributed by atoms with Crippen molar-refractivity contribution in [2.24, 2.45) is 5.92 Å². The number of benzene rings is 1. The Kier molecular flexibility index (Phi) is 7.99. The molecular weight excluding hydrogens is 353 g/mol. The Morgan fingerprint density at radius 3 is 2.74 bits per heavy atom. The van der Waals surface area contributed by atoms with Gasteiger partial charge in [0.15, 0.2) is 5.13 Å². The Bertz CT molecular complexity index is 661. The third-order valence-corrected chi connectivity index (χ3v) is 4.83. The van der Waals surface area contributed by atoms with E-state index in [0.29, 0.717) is 11.7 Å². The largest absolute Gasteiger partial charge is 0.319 e. The van der Waals surface area contributed by atoms with Crippen LogP contribution in [0.4, 0.5) is 5.13 Å². The minimum atomic E-state index is -0.0961. The lowest BCUT2D eigenvalue weighted by Crippen LogP contribution is -2.28. The van der Waals surface area contributed by atoms with Crippen LogP contribution in [-0.4, -0.2) is 24.5 Å². The number of rotatable bonds is 6. The summed E-state index contributed by atoms with van der Waals surface area (Å²) < 4.78 is 0. The predicted octanol–water partition coefficient (Wildman–Crippen LogP) is 3.91. The quantitative estimate of drug-likeness (QED) is 0.806. The van der Waals surface area contributed by atoms with Crippen molar-refractivity contribution in [2.45, 2.75) is 20.3 Å². The van der Waals surface area contributed by atoms with E-state index in [2.05, 4.69) is 15.6 Å². The van der Waals surface area contributed by atoms with Gasteiger partial charge in [-0.2, -0.15) is 0 Å². The van der Waals surface area contributed by atoms with Crippen molar-refractivity contribution in [2.75, 3.05) is 18.9 Å². The molecule has 0 radical (unpaired) electrons. The number of hydrogen-bond donors (Lipinski definition) is 2. The molecule has 7 heteroatoms. The lowest BCUT2D eigenvalue weighted by molar-refractivity contribution is -0.119. The average Bonchev–Trinajstić information content (AvgIpc) is 2.81. The van der Waals surface area contributed by atoms with Crippen molar-refractivity contribution in [1.29, 1.82) is 0 Å². The summed E-state index contributed by atoms with van der Waals surface area (Å²) in [6.07, 6.45) is 0.727. The molecule has 23 heavy (non-hydrogen) atoms. The first-order chi connectivity index (χ1) is 10.5. The second-order valence-corrected chi connectivity index (χ2v) is 6.73. The third-order valence-electron chi connectivity index (χ3n) is 3.39. The molecule has 1 heterocycles. The van der Waals surface area contributed by atoms with Crippen molar-refractivity contribution >= 4 is 46.4 Å². The van der Waals surface area contributed by atoms with E-state index in [1.54, 1.807) is 0 Å². The highest BCUT2D eigenvalue weighted by molar-refractivity contribution is 7.15. The molecule has 0 spiro atoms. The lowest BCUT2D eigenvalue weighted by Gasteiger charge is -2.09. The van der Waals surface area contributed by atoms with Crippen molar-refractivity contribution < 1.29 is 4.79 Å². The molecule has 126 valence electrons. The van der Waals surface area contributed by atoms with Gasteiger partial charge in [-0.1, -0.05) is 36.7 Å². The summed E-state index contributed by atoms with van der Waals surface area (Å²) in [5.41, 5.74) is 2.00. The Morgan fingerprint density at radius 2 is 2.09 bits per heavy atom. The molecule has 0 aliphatic carbocycles. The van der Waals surface area contributed by atoms with Crippen molar-refractivity contribution in [3.8, 4) is 0 Å². The molecule has 0 saturated carbocycles. The highest BCUT2D eigenvalue weighted by Gasteiger charge is 2.16. The minimum Gasteiger partial charge on any atom is -0.319 e. The number of thiazole rings is 1. The van der Waals surface area contributed by atoms with Gasteiger partial charge in [-0.05, 0) is 25.6 Å². The van der Waals surface area contributed by atoms with E-state index in [1.807, 2.05) is 45.2 Å². The van der Waals surface area contributed by atoms with Crippen LogP contribution < -0.4 is 10.6 Å². The summed E-state index contributed by atoms with van der Waals surface area (Å²) in [6, 6.07) is 7.78. The lowest BCUT2D eigenvalue weighted by atomic mass is 10.1. The van der Waals surface area contributed by atoms with Crippen LogP contribution in [-0.2, 0) is 11.2 Å². The monoisotopic (exact) mass is 373 g/mol. The van der Waals surface area contributed by atoms with E-state index in [1.165, 1.54) is 11.3 Å². The van der Waals surface area contributed by atoms with Gasteiger partial charge >= 0.3 is 0 Å². The maximum absolute atomic E-state index is 12.0. The summed E-state index contributed by atoms with van der Waals surface area (Å²) in [6.45, 7) is 4.48. The van der Waals surface area contributed by atoms with Crippen LogP contribution in [0.25, 0.3) is 0 Å². The van der Waals surface area contributed by atoms with Gasteiger partial charge in [0.25, 0.3) is 0 Å². The third kappa shape index (κ3) is 5.46. The molecule has 0 aliphatic heterocycles. The predicted molar refractivity (Wildman–Crippen MR) is 100 cm³/mol. The highest BCUT2D eigenvalue weighted by Crippen LogP contribution is 2.27. The molecule has 0 saturated heterocycles. The van der Waals surface area contributed by atoms with Crippen LogP contribution in [0.1, 0.15) is 23.1 Å². The van der Waals surface area contributed by atoms with Crippen LogP contribution in [0.5, 0.6) is 0 Å². The molecule has 2 aromatic rings. The van der Waals surface area contributed by atoms with Gasteiger partial charge in [0.2, 0.25) is 5.91 Å². The molecule has 1 amide bonds. The molecular formula is C16H21Cl2N3OS. The Balaban J connectivity index is 0.00000264. The van der Waals surface area contributed by atoms with E-state index in [4.69, 9.17) is 11.6 Å². The first kappa shape index (κ1) is 19.9. The Hall–Kier alpha value is -1.14. The highest BCUT2D eigenvalue weighted by atomic mass is 35.5. The number of aryl methyl sites for hydroxylation is 1. The van der Waals surface area contributed by atoms with E-state index in [9.17, 15) is 4.79 Å². The van der Waals surface area contributed by atoms with Crippen molar-refractivity contribution in [3.63, 3.8) is 0 Å². The summed E-state index contributed by atoms with van der Waals surface area (Å²) in [5, 5.41) is 7.28. The number of anilines is 1. The molecule has 0 aliphatic rings. The first-order valence-corrected chi connectivity index (χ1v) is 8.36. The number of amides is 1. The molecule has 0 bridgehead atoms. The molecule has 0 fully saturated rings. The van der Waals surface area contributed by atoms with Crippen LogP contribution in [0.3, 0.4) is 0 Å². The Morgan fingerprint density at radius 1 is 1.39 bits per heavy atom. The maximum Gasteiger partial charge on any atom is 0.230 e. The van der Waals surface area contributed by atoms with Crippen molar-refractivity contribution in [3.05, 3.63) is 45.4 Å². The summed E-state index contributed by atoms with van der Waals surface area (Å²) in [5.74, 6) is -0.117. The molecule has 1 aromatic carbocycles. The number of halogens is 2. The molecule has 1 atom stereocenters. The Labute approximate surface area is 152 Å². The number of carbonyl (C=O) groups is 1. The number of nitrogens with zero attached hydrogens (tertiary/aromatic N) is 1. The van der Waals surface area contributed by atoms with Gasteiger partial charge in [-0.15, -0.1) is 23.7 Å². The van der Waals surface area contributed by atoms with E-state index in [0.717, 1.165) is 27.6 Å². The number of carbonyl (C=O) groups excluding carboxylic acids is 1. The number of hydrogen-bond acceptors (Lipinski definition) is 4. The van der Waals surface area contributed by atoms with E-state index in [-0.39, 0.29) is 24.2 Å². The molecule has 2 rings (SSSR count). The smallest absolute Gasteiger partial charge is 0.230 e. The van der Waals surface area contributed by atoms with Gasteiger partial charge in [0, 0.05) is 28.8 Å². The summed E-state index contributed by atoms with van der Waals surface area (Å²) in [7, 11) is 1.83. The average molecular weight is 374 g/mol. The zero-order valence-electron chi connectivity index (χ0n) is 13.4. The molecule has 4 nitrogen and oxygen atoms in total. The fraction of sp³-hybridized carbons (Fsp3) is 0.375. The van der Waals surface area contributed by atoms with Gasteiger partial charge < -0.3 is 10.6 Å². The van der Waals surface area contributed by atoms with Gasteiger partial charge in [-0.25, -0.2) is 4.98 Å². The second kappa shape index (κ2) is 9.23. The van der Waals surface area contributed by atoms with Gasteiger partial charge in [0.1, 0.15) is 0 Å². The maximum atomic E-state index is 12.0. The molecule has 1 unspecified atom stereocenters. The number of aromatic nitrogens is 1. The van der Waals surface area contributed by atoms with Crippen LogP contribution >= 0.6 is 35.3 Å².